The van der Waals surface area contributed by atoms with Crippen LogP contribution < -0.4 is 5.32 Å². The minimum Gasteiger partial charge on any atom is -0.461 e. The van der Waals surface area contributed by atoms with Crippen LogP contribution in [0.25, 0.3) is 0 Å². The third-order valence-electron chi connectivity index (χ3n) is 2.88. The molecule has 2 rings (SSSR count). The fourth-order valence-electron chi connectivity index (χ4n) is 2.14. The molecule has 0 unspecified atom stereocenters. The Morgan fingerprint density at radius 1 is 1.71 bits per heavy atom. The summed E-state index contributed by atoms with van der Waals surface area (Å²) >= 11 is 0. The van der Waals surface area contributed by atoms with Crippen LogP contribution in [0.4, 0.5) is 0 Å². The summed E-state index contributed by atoms with van der Waals surface area (Å²) in [6.45, 7) is 6.73. The monoisotopic (exact) mass is 237 g/mol. The molecule has 1 aromatic heterocycles. The number of nitrogens with one attached hydrogen (secondary N) is 1. The maximum Gasteiger partial charge on any atom is 0.323 e. The van der Waals surface area contributed by atoms with Crippen molar-refractivity contribution in [2.24, 2.45) is 0 Å². The molecule has 0 radical (unpaired) electrons. The number of aryl methyl sites for hydroxylation is 1. The van der Waals surface area contributed by atoms with Crippen molar-refractivity contribution in [2.45, 2.75) is 51.9 Å². The highest BCUT2D eigenvalue weighted by molar-refractivity contribution is 5.77. The van der Waals surface area contributed by atoms with E-state index in [4.69, 9.17) is 4.74 Å². The van der Waals surface area contributed by atoms with Gasteiger partial charge in [-0.2, -0.15) is 5.10 Å². The maximum atomic E-state index is 11.5. The fraction of sp³-hybridized carbons (Fsp3) is 0.667. The van der Waals surface area contributed by atoms with E-state index in [0.29, 0.717) is 0 Å². The summed E-state index contributed by atoms with van der Waals surface area (Å²) in [5.41, 5.74) is 1.14. The average Bonchev–Trinajstić information content (AvgIpc) is 2.74. The highest BCUT2D eigenvalue weighted by Gasteiger charge is 2.32. The van der Waals surface area contributed by atoms with Gasteiger partial charge in [0, 0.05) is 18.7 Å². The highest BCUT2D eigenvalue weighted by atomic mass is 16.6. The van der Waals surface area contributed by atoms with Crippen LogP contribution in [0.2, 0.25) is 0 Å². The smallest absolute Gasteiger partial charge is 0.323 e. The normalized spacial score (nSPS) is 25.9. The van der Waals surface area contributed by atoms with E-state index in [0.717, 1.165) is 18.5 Å². The number of aromatic nitrogens is 2. The van der Waals surface area contributed by atoms with E-state index in [2.05, 4.69) is 10.4 Å². The lowest BCUT2D eigenvalue weighted by Crippen LogP contribution is -2.41. The Bertz CT molecular complexity index is 402. The molecule has 1 fully saturated rings. The van der Waals surface area contributed by atoms with Gasteiger partial charge in [0.15, 0.2) is 0 Å². The molecule has 2 heterocycles. The Hall–Kier alpha value is -1.36. The van der Waals surface area contributed by atoms with Crippen LogP contribution in [0.15, 0.2) is 12.4 Å². The van der Waals surface area contributed by atoms with Crippen molar-refractivity contribution in [1.29, 1.82) is 0 Å². The molecule has 5 nitrogen and oxygen atoms in total. The Morgan fingerprint density at radius 3 is 3.00 bits per heavy atom. The maximum absolute atomic E-state index is 11.5. The van der Waals surface area contributed by atoms with Gasteiger partial charge in [0.1, 0.15) is 12.1 Å². The number of carbonyl (C=O) groups is 1. The molecule has 0 aromatic carbocycles. The van der Waals surface area contributed by atoms with Crippen molar-refractivity contribution >= 4 is 5.97 Å². The summed E-state index contributed by atoms with van der Waals surface area (Å²) in [5, 5.41) is 7.51. The fourth-order valence-corrected chi connectivity index (χ4v) is 2.14. The Labute approximate surface area is 101 Å². The molecule has 17 heavy (non-hydrogen) atoms. The van der Waals surface area contributed by atoms with Crippen LogP contribution in [-0.2, 0) is 16.1 Å². The summed E-state index contributed by atoms with van der Waals surface area (Å²) in [6, 6.07) is 0.0220. The second-order valence-electron chi connectivity index (χ2n) is 4.84. The first kappa shape index (κ1) is 12.1. The SMILES string of the molecule is Cc1cnn(C[C@H](C)N[C@H]2C[C@@H](C)OC2=O)c1. The Morgan fingerprint density at radius 2 is 2.47 bits per heavy atom. The lowest BCUT2D eigenvalue weighted by atomic mass is 10.1. The lowest BCUT2D eigenvalue weighted by molar-refractivity contribution is -0.142. The third-order valence-corrected chi connectivity index (χ3v) is 2.88. The van der Waals surface area contributed by atoms with E-state index >= 15 is 0 Å². The van der Waals surface area contributed by atoms with Gasteiger partial charge in [-0.05, 0) is 26.3 Å². The number of cyclic esters (lactones) is 1. The van der Waals surface area contributed by atoms with Crippen molar-refractivity contribution in [3.63, 3.8) is 0 Å². The molecule has 3 atom stereocenters. The predicted octanol–water partition coefficient (Wildman–Crippen LogP) is 0.874. The molecule has 0 saturated carbocycles. The van der Waals surface area contributed by atoms with Crippen molar-refractivity contribution in [2.75, 3.05) is 0 Å². The van der Waals surface area contributed by atoms with Crippen LogP contribution in [0, 0.1) is 6.92 Å². The summed E-state index contributed by atoms with van der Waals surface area (Å²) in [4.78, 5) is 11.5. The van der Waals surface area contributed by atoms with Gasteiger partial charge in [-0.25, -0.2) is 0 Å². The van der Waals surface area contributed by atoms with Crippen molar-refractivity contribution in [3.8, 4) is 0 Å². The molecular weight excluding hydrogens is 218 g/mol. The minimum absolute atomic E-state index is 0.0270. The number of nitrogens with zero attached hydrogens (tertiary/aromatic N) is 2. The number of esters is 1. The predicted molar refractivity (Wildman–Crippen MR) is 63.5 cm³/mol. The molecule has 94 valence electrons. The summed E-state index contributed by atoms with van der Waals surface area (Å²) in [7, 11) is 0. The van der Waals surface area contributed by atoms with Crippen molar-refractivity contribution in [3.05, 3.63) is 18.0 Å². The zero-order valence-electron chi connectivity index (χ0n) is 10.5. The van der Waals surface area contributed by atoms with Gasteiger partial charge in [-0.1, -0.05) is 0 Å². The van der Waals surface area contributed by atoms with Crippen LogP contribution >= 0.6 is 0 Å². The van der Waals surface area contributed by atoms with Crippen molar-refractivity contribution in [1.82, 2.24) is 15.1 Å². The molecule has 1 N–H and O–H groups in total. The Kier molecular flexibility index (Phi) is 3.47. The van der Waals surface area contributed by atoms with Crippen molar-refractivity contribution < 1.29 is 9.53 Å². The van der Waals surface area contributed by atoms with Crippen LogP contribution in [0.1, 0.15) is 25.8 Å². The molecule has 1 saturated heterocycles. The molecule has 5 heteroatoms. The van der Waals surface area contributed by atoms with E-state index in [1.54, 1.807) is 0 Å². The molecule has 0 spiro atoms. The van der Waals surface area contributed by atoms with Gasteiger partial charge in [0.2, 0.25) is 0 Å². The van der Waals surface area contributed by atoms with Gasteiger partial charge in [0.05, 0.1) is 12.7 Å². The average molecular weight is 237 g/mol. The van der Waals surface area contributed by atoms with E-state index < -0.39 is 0 Å². The van der Waals surface area contributed by atoms with Crippen LogP contribution in [0.3, 0.4) is 0 Å². The minimum atomic E-state index is -0.170. The molecule has 0 aliphatic carbocycles. The van der Waals surface area contributed by atoms with Gasteiger partial charge in [0.25, 0.3) is 0 Å². The van der Waals surface area contributed by atoms with Gasteiger partial charge >= 0.3 is 5.97 Å². The topological polar surface area (TPSA) is 56.1 Å². The van der Waals surface area contributed by atoms with E-state index in [1.807, 2.05) is 37.8 Å². The lowest BCUT2D eigenvalue weighted by Gasteiger charge is -2.16. The molecule has 1 aliphatic heterocycles. The van der Waals surface area contributed by atoms with Gasteiger partial charge in [-0.3, -0.25) is 14.8 Å². The number of carbonyl (C=O) groups excluding carboxylic acids is 1. The highest BCUT2D eigenvalue weighted by Crippen LogP contribution is 2.14. The van der Waals surface area contributed by atoms with Crippen LogP contribution in [-0.4, -0.2) is 33.9 Å². The number of hydrogen-bond acceptors (Lipinski definition) is 4. The zero-order valence-corrected chi connectivity index (χ0v) is 10.5. The largest absolute Gasteiger partial charge is 0.461 e. The molecule has 0 amide bonds. The zero-order chi connectivity index (χ0) is 12.4. The standard InChI is InChI=1S/C12H19N3O2/c1-8-5-13-15(6-8)7-9(2)14-11-4-10(3)17-12(11)16/h5-6,9-11,14H,4,7H2,1-3H3/t9-,10+,11-/m0/s1. The van der Waals surface area contributed by atoms with Gasteiger partial charge in [-0.15, -0.1) is 0 Å². The second kappa shape index (κ2) is 4.87. The summed E-state index contributed by atoms with van der Waals surface area (Å²) in [6.07, 6.45) is 4.60. The first-order valence-corrected chi connectivity index (χ1v) is 6.00. The first-order chi connectivity index (χ1) is 8.04. The van der Waals surface area contributed by atoms with E-state index in [9.17, 15) is 4.79 Å². The molecule has 0 bridgehead atoms. The number of ether oxygens (including phenoxy) is 1. The third kappa shape index (κ3) is 3.06. The first-order valence-electron chi connectivity index (χ1n) is 6.00. The quantitative estimate of drug-likeness (QED) is 0.790. The summed E-state index contributed by atoms with van der Waals surface area (Å²) < 4.78 is 6.99. The van der Waals surface area contributed by atoms with E-state index in [1.165, 1.54) is 0 Å². The van der Waals surface area contributed by atoms with Gasteiger partial charge < -0.3 is 4.74 Å². The molecule has 1 aliphatic rings. The second-order valence-corrected chi connectivity index (χ2v) is 4.84. The molecular formula is C12H19N3O2. The van der Waals surface area contributed by atoms with E-state index in [-0.39, 0.29) is 24.2 Å². The summed E-state index contributed by atoms with van der Waals surface area (Å²) in [5.74, 6) is -0.138. The number of rotatable bonds is 4. The molecule has 1 aromatic rings. The Balaban J connectivity index is 1.85. The number of hydrogen-bond donors (Lipinski definition) is 1. The van der Waals surface area contributed by atoms with Crippen LogP contribution in [0.5, 0.6) is 0 Å².